The molecule has 1 saturated heterocycles. The largest absolute Gasteiger partial charge is 0.457 e. The molecule has 3 aromatic carbocycles. The molecule has 2 aliphatic rings. The maximum atomic E-state index is 13.1. The molecule has 0 radical (unpaired) electrons. The van der Waals surface area contributed by atoms with Gasteiger partial charge in [0.2, 0.25) is 0 Å². The molecule has 1 fully saturated rings. The van der Waals surface area contributed by atoms with E-state index in [1.54, 1.807) is 12.1 Å². The Kier molecular flexibility index (Phi) is 6.63. The van der Waals surface area contributed by atoms with E-state index in [1.165, 1.54) is 23.3 Å². The first-order chi connectivity index (χ1) is 15.2. The Morgan fingerprint density at radius 1 is 0.875 bits per heavy atom. The molecule has 0 bridgehead atoms. The number of carbonyl (C=O) groups is 1. The number of hydrogen-bond donors (Lipinski definition) is 0. The topological polar surface area (TPSA) is 29.5 Å². The number of piperidine rings is 1. The van der Waals surface area contributed by atoms with Crippen LogP contribution in [0.3, 0.4) is 0 Å². The molecule has 3 nitrogen and oxygen atoms in total. The molecule has 1 spiro atoms. The van der Waals surface area contributed by atoms with Crippen LogP contribution in [0.25, 0.3) is 0 Å². The van der Waals surface area contributed by atoms with Gasteiger partial charge in [0.1, 0.15) is 17.3 Å². The Hall–Kier alpha value is -2.69. The molecule has 5 heteroatoms. The highest BCUT2D eigenvalue weighted by molar-refractivity contribution is 5.95. The molecular formula is C27H27ClFNO2. The van der Waals surface area contributed by atoms with Crippen LogP contribution in [-0.2, 0) is 5.41 Å². The van der Waals surface area contributed by atoms with Crippen molar-refractivity contribution in [2.24, 2.45) is 0 Å². The lowest BCUT2D eigenvalue weighted by atomic mass is 9.66. The van der Waals surface area contributed by atoms with Crippen molar-refractivity contribution in [3.05, 3.63) is 95.3 Å². The third-order valence-corrected chi connectivity index (χ3v) is 6.78. The summed E-state index contributed by atoms with van der Waals surface area (Å²) in [6, 6.07) is 22.7. The Balaban J connectivity index is 0.00000245. The van der Waals surface area contributed by atoms with E-state index >= 15 is 0 Å². The first kappa shape index (κ1) is 22.5. The van der Waals surface area contributed by atoms with Crippen molar-refractivity contribution in [2.45, 2.75) is 31.1 Å². The van der Waals surface area contributed by atoms with E-state index in [-0.39, 0.29) is 29.4 Å². The highest BCUT2D eigenvalue weighted by Crippen LogP contribution is 2.52. The third kappa shape index (κ3) is 4.17. The van der Waals surface area contributed by atoms with E-state index in [9.17, 15) is 9.18 Å². The number of hydrogen-bond acceptors (Lipinski definition) is 3. The molecule has 0 aromatic heterocycles. The normalized spacial score (nSPS) is 16.4. The zero-order chi connectivity index (χ0) is 21.3. The fourth-order valence-corrected chi connectivity index (χ4v) is 5.11. The van der Waals surface area contributed by atoms with E-state index in [2.05, 4.69) is 41.3 Å². The minimum atomic E-state index is -0.310. The number of carbonyl (C=O) groups excluding carboxylic acids is 1. The summed E-state index contributed by atoms with van der Waals surface area (Å²) in [5.74, 6) is 1.72. The van der Waals surface area contributed by atoms with Crippen molar-refractivity contribution < 1.29 is 13.9 Å². The Labute approximate surface area is 194 Å². The van der Waals surface area contributed by atoms with Gasteiger partial charge in [-0.2, -0.15) is 0 Å². The average Bonchev–Trinajstić information content (AvgIpc) is 2.81. The Morgan fingerprint density at radius 2 is 1.44 bits per heavy atom. The van der Waals surface area contributed by atoms with Gasteiger partial charge in [0.05, 0.1) is 0 Å². The molecule has 5 rings (SSSR count). The van der Waals surface area contributed by atoms with Gasteiger partial charge in [-0.1, -0.05) is 36.4 Å². The number of rotatable bonds is 5. The molecular weight excluding hydrogens is 425 g/mol. The second-order valence-electron chi connectivity index (χ2n) is 8.55. The van der Waals surface area contributed by atoms with Crippen LogP contribution in [-0.4, -0.2) is 30.3 Å². The number of likely N-dealkylation sites (tertiary alicyclic amines) is 1. The number of fused-ring (bicyclic) bond motifs is 4. The van der Waals surface area contributed by atoms with Crippen molar-refractivity contribution in [2.75, 3.05) is 19.6 Å². The number of halogens is 2. The summed E-state index contributed by atoms with van der Waals surface area (Å²) in [6.07, 6.45) is 3.39. The maximum absolute atomic E-state index is 13.1. The highest BCUT2D eigenvalue weighted by atomic mass is 35.5. The summed E-state index contributed by atoms with van der Waals surface area (Å²) in [6.45, 7) is 2.89. The monoisotopic (exact) mass is 451 g/mol. The van der Waals surface area contributed by atoms with Crippen LogP contribution in [0, 0.1) is 5.82 Å². The van der Waals surface area contributed by atoms with Gasteiger partial charge in [0.15, 0.2) is 5.78 Å². The molecule has 2 heterocycles. The Bertz CT molecular complexity index is 1040. The van der Waals surface area contributed by atoms with Crippen molar-refractivity contribution in [3.63, 3.8) is 0 Å². The molecule has 3 aromatic rings. The van der Waals surface area contributed by atoms with E-state index in [0.29, 0.717) is 12.0 Å². The highest BCUT2D eigenvalue weighted by Gasteiger charge is 2.43. The molecule has 0 atom stereocenters. The molecule has 0 aliphatic carbocycles. The SMILES string of the molecule is Cl.O=C(CCCN1CCC2(CC1)c1ccccc1Oc1ccccc12)c1ccc(F)cc1. The number of ether oxygens (including phenoxy) is 1. The first-order valence-electron chi connectivity index (χ1n) is 11.0. The van der Waals surface area contributed by atoms with Crippen molar-refractivity contribution in [1.82, 2.24) is 4.90 Å². The van der Waals surface area contributed by atoms with Gasteiger partial charge in [0.25, 0.3) is 0 Å². The third-order valence-electron chi connectivity index (χ3n) is 6.78. The molecule has 0 N–H and O–H groups in total. The quantitative estimate of drug-likeness (QED) is 0.420. The van der Waals surface area contributed by atoms with Crippen LogP contribution in [0.1, 0.15) is 47.2 Å². The van der Waals surface area contributed by atoms with E-state index in [0.717, 1.165) is 50.4 Å². The van der Waals surface area contributed by atoms with Crippen LogP contribution in [0.5, 0.6) is 11.5 Å². The predicted octanol–water partition coefficient (Wildman–Crippen LogP) is 6.40. The second kappa shape index (κ2) is 9.43. The number of benzene rings is 3. The van der Waals surface area contributed by atoms with Gasteiger partial charge in [-0.3, -0.25) is 4.79 Å². The van der Waals surface area contributed by atoms with Gasteiger partial charge in [0, 0.05) is 28.5 Å². The van der Waals surface area contributed by atoms with Crippen LogP contribution in [0.2, 0.25) is 0 Å². The summed E-state index contributed by atoms with van der Waals surface area (Å²) < 4.78 is 19.3. The smallest absolute Gasteiger partial charge is 0.162 e. The van der Waals surface area contributed by atoms with Crippen LogP contribution < -0.4 is 4.74 Å². The molecule has 32 heavy (non-hydrogen) atoms. The average molecular weight is 452 g/mol. The lowest BCUT2D eigenvalue weighted by Crippen LogP contribution is -2.44. The summed E-state index contributed by atoms with van der Waals surface area (Å²) in [5.41, 5.74) is 3.17. The van der Waals surface area contributed by atoms with Gasteiger partial charge >= 0.3 is 0 Å². The molecule has 166 valence electrons. The number of ketones is 1. The van der Waals surface area contributed by atoms with Crippen molar-refractivity contribution in [1.29, 1.82) is 0 Å². The summed E-state index contributed by atoms with van der Waals surface area (Å²) >= 11 is 0. The van der Waals surface area contributed by atoms with Crippen LogP contribution >= 0.6 is 12.4 Å². The molecule has 0 unspecified atom stereocenters. The number of para-hydroxylation sites is 2. The molecule has 0 saturated carbocycles. The summed E-state index contributed by atoms with van der Waals surface area (Å²) in [5, 5.41) is 0. The summed E-state index contributed by atoms with van der Waals surface area (Å²) in [7, 11) is 0. The first-order valence-corrected chi connectivity index (χ1v) is 11.0. The standard InChI is InChI=1S/C27H26FNO2.ClH/c28-21-13-11-20(12-14-21)24(30)8-5-17-29-18-15-27(16-19-29)22-6-1-3-9-25(22)31-26-10-4-2-7-23(26)27;/h1-4,6-7,9-14H,5,8,15-19H2;1H. The lowest BCUT2D eigenvalue weighted by molar-refractivity contribution is 0.0969. The fourth-order valence-electron chi connectivity index (χ4n) is 5.11. The molecule has 2 aliphatic heterocycles. The predicted molar refractivity (Wildman–Crippen MR) is 127 cm³/mol. The zero-order valence-corrected chi connectivity index (χ0v) is 18.7. The minimum Gasteiger partial charge on any atom is -0.457 e. The number of nitrogens with zero attached hydrogens (tertiary/aromatic N) is 1. The second-order valence-corrected chi connectivity index (χ2v) is 8.55. The summed E-state index contributed by atoms with van der Waals surface area (Å²) in [4.78, 5) is 14.8. The van der Waals surface area contributed by atoms with Gasteiger partial charge in [-0.25, -0.2) is 4.39 Å². The van der Waals surface area contributed by atoms with E-state index < -0.39 is 0 Å². The van der Waals surface area contributed by atoms with Crippen LogP contribution in [0.15, 0.2) is 72.8 Å². The van der Waals surface area contributed by atoms with Gasteiger partial charge in [-0.05, 0) is 75.3 Å². The fraction of sp³-hybridized carbons (Fsp3) is 0.296. The van der Waals surface area contributed by atoms with E-state index in [1.807, 2.05) is 12.1 Å². The molecule has 0 amide bonds. The minimum absolute atomic E-state index is 0. The van der Waals surface area contributed by atoms with Crippen molar-refractivity contribution in [3.8, 4) is 11.5 Å². The van der Waals surface area contributed by atoms with Gasteiger partial charge < -0.3 is 9.64 Å². The maximum Gasteiger partial charge on any atom is 0.162 e. The lowest BCUT2D eigenvalue weighted by Gasteiger charge is -2.46. The van der Waals surface area contributed by atoms with E-state index in [4.69, 9.17) is 4.74 Å². The Morgan fingerprint density at radius 3 is 2.03 bits per heavy atom. The van der Waals surface area contributed by atoms with Gasteiger partial charge in [-0.15, -0.1) is 12.4 Å². The zero-order valence-electron chi connectivity index (χ0n) is 17.9. The number of Topliss-reactive ketones (excluding diaryl/α,β-unsaturated/α-hetero) is 1. The van der Waals surface area contributed by atoms with Crippen LogP contribution in [0.4, 0.5) is 4.39 Å². The van der Waals surface area contributed by atoms with Crippen molar-refractivity contribution >= 4 is 18.2 Å².